The van der Waals surface area contributed by atoms with Gasteiger partial charge in [-0.25, -0.2) is 4.39 Å². The molecule has 2 aromatic carbocycles. The summed E-state index contributed by atoms with van der Waals surface area (Å²) in [6.45, 7) is 2.22. The second kappa shape index (κ2) is 9.13. The highest BCUT2D eigenvalue weighted by molar-refractivity contribution is 7.10. The van der Waals surface area contributed by atoms with Crippen LogP contribution >= 0.6 is 22.9 Å². The van der Waals surface area contributed by atoms with E-state index in [1.807, 2.05) is 17.5 Å². The van der Waals surface area contributed by atoms with Gasteiger partial charge in [0.1, 0.15) is 5.82 Å². The van der Waals surface area contributed by atoms with Gasteiger partial charge in [-0.3, -0.25) is 10.1 Å². The van der Waals surface area contributed by atoms with Gasteiger partial charge in [0.25, 0.3) is 0 Å². The summed E-state index contributed by atoms with van der Waals surface area (Å²) in [5.74, 6) is -0.681. The van der Waals surface area contributed by atoms with E-state index >= 15 is 0 Å². The number of hydrogen-bond acceptors (Lipinski definition) is 3. The molecule has 3 rings (SSSR count). The first-order valence-corrected chi connectivity index (χ1v) is 9.93. The van der Waals surface area contributed by atoms with Gasteiger partial charge >= 0.3 is 0 Å². The molecule has 2 N–H and O–H groups in total. The van der Waals surface area contributed by atoms with E-state index in [1.54, 1.807) is 11.3 Å². The molecule has 1 heterocycles. The largest absolute Gasteiger partial charge is 0.324 e. The van der Waals surface area contributed by atoms with Crippen molar-refractivity contribution in [1.82, 2.24) is 5.32 Å². The molecule has 0 fully saturated rings. The first-order chi connectivity index (χ1) is 13.1. The molecule has 1 amide bonds. The number of carbonyl (C=O) groups is 1. The van der Waals surface area contributed by atoms with Crippen LogP contribution in [-0.4, -0.2) is 12.5 Å². The molecular weight excluding hydrogens is 383 g/mol. The normalized spacial score (nSPS) is 12.0. The summed E-state index contributed by atoms with van der Waals surface area (Å²) >= 11 is 7.61. The lowest BCUT2D eigenvalue weighted by Gasteiger charge is -2.18. The first kappa shape index (κ1) is 19.5. The Balaban J connectivity index is 1.70. The quantitative estimate of drug-likeness (QED) is 0.554. The summed E-state index contributed by atoms with van der Waals surface area (Å²) in [6.07, 6.45) is 0.984. The number of benzene rings is 2. The van der Waals surface area contributed by atoms with Crippen LogP contribution in [0, 0.1) is 5.82 Å². The highest BCUT2D eigenvalue weighted by Gasteiger charge is 2.16. The number of anilines is 1. The number of amides is 1. The highest BCUT2D eigenvalue weighted by Crippen LogP contribution is 2.26. The monoisotopic (exact) mass is 402 g/mol. The lowest BCUT2D eigenvalue weighted by molar-refractivity contribution is -0.115. The fourth-order valence-electron chi connectivity index (χ4n) is 2.76. The number of rotatable bonds is 7. The maximum absolute atomic E-state index is 13.1. The summed E-state index contributed by atoms with van der Waals surface area (Å²) in [7, 11) is 0. The Bertz CT molecular complexity index is 897. The maximum Gasteiger partial charge on any atom is 0.238 e. The standard InChI is InChI=1S/C21H20ClFN2OS/c1-2-14-5-7-15(8-6-14)21(19-4-3-11-27-19)24-13-20(26)25-18-10-9-16(23)12-17(18)22/h3-12,21,24H,2,13H2,1H3,(H,25,26)/t21-/m0/s1. The molecular formula is C21H20ClFN2OS. The Morgan fingerprint density at radius 1 is 1.19 bits per heavy atom. The van der Waals surface area contributed by atoms with E-state index in [9.17, 15) is 9.18 Å². The van der Waals surface area contributed by atoms with E-state index in [0.717, 1.165) is 16.9 Å². The topological polar surface area (TPSA) is 41.1 Å². The number of nitrogens with one attached hydrogen (secondary N) is 2. The Hall–Kier alpha value is -2.21. The molecule has 0 radical (unpaired) electrons. The minimum absolute atomic E-state index is 0.0784. The van der Waals surface area contributed by atoms with Crippen LogP contribution in [0.5, 0.6) is 0 Å². The average Bonchev–Trinajstić information content (AvgIpc) is 3.19. The molecule has 0 bridgehead atoms. The average molecular weight is 403 g/mol. The zero-order chi connectivity index (χ0) is 19.2. The van der Waals surface area contributed by atoms with E-state index in [2.05, 4.69) is 41.8 Å². The fourth-order valence-corrected chi connectivity index (χ4v) is 3.81. The van der Waals surface area contributed by atoms with Crippen molar-refractivity contribution in [2.75, 3.05) is 11.9 Å². The molecule has 27 heavy (non-hydrogen) atoms. The Morgan fingerprint density at radius 3 is 2.59 bits per heavy atom. The van der Waals surface area contributed by atoms with Crippen LogP contribution in [0.25, 0.3) is 0 Å². The molecule has 3 aromatic rings. The molecule has 1 aromatic heterocycles. The molecule has 0 unspecified atom stereocenters. The van der Waals surface area contributed by atoms with Crippen LogP contribution in [0.1, 0.15) is 29.0 Å². The van der Waals surface area contributed by atoms with Gasteiger partial charge in [0.2, 0.25) is 5.91 Å². The van der Waals surface area contributed by atoms with E-state index < -0.39 is 5.82 Å². The SMILES string of the molecule is CCc1ccc([C@H](NCC(=O)Nc2ccc(F)cc2Cl)c2cccs2)cc1. The highest BCUT2D eigenvalue weighted by atomic mass is 35.5. The van der Waals surface area contributed by atoms with Crippen LogP contribution < -0.4 is 10.6 Å². The van der Waals surface area contributed by atoms with Gasteiger partial charge in [-0.1, -0.05) is 48.9 Å². The van der Waals surface area contributed by atoms with Gasteiger partial charge < -0.3 is 5.32 Å². The van der Waals surface area contributed by atoms with Crippen molar-refractivity contribution < 1.29 is 9.18 Å². The van der Waals surface area contributed by atoms with Crippen LogP contribution in [0.2, 0.25) is 5.02 Å². The van der Waals surface area contributed by atoms with Gasteiger partial charge in [-0.05, 0) is 47.2 Å². The van der Waals surface area contributed by atoms with Crippen LogP contribution in [0.4, 0.5) is 10.1 Å². The smallest absolute Gasteiger partial charge is 0.238 e. The number of aryl methyl sites for hydroxylation is 1. The molecule has 3 nitrogen and oxygen atoms in total. The summed E-state index contributed by atoms with van der Waals surface area (Å²) in [4.78, 5) is 13.5. The summed E-state index contributed by atoms with van der Waals surface area (Å²) in [6, 6.07) is 16.2. The minimum Gasteiger partial charge on any atom is -0.324 e. The van der Waals surface area contributed by atoms with E-state index in [0.29, 0.717) is 5.69 Å². The van der Waals surface area contributed by atoms with Gasteiger partial charge in [0.05, 0.1) is 23.3 Å². The summed E-state index contributed by atoms with van der Waals surface area (Å²) in [5.41, 5.74) is 2.76. The van der Waals surface area contributed by atoms with Crippen LogP contribution in [0.3, 0.4) is 0 Å². The molecule has 1 atom stereocenters. The Kier molecular flexibility index (Phi) is 6.61. The first-order valence-electron chi connectivity index (χ1n) is 8.67. The van der Waals surface area contributed by atoms with Gasteiger partial charge in [0.15, 0.2) is 0 Å². The molecule has 0 aliphatic carbocycles. The Morgan fingerprint density at radius 2 is 1.96 bits per heavy atom. The number of halogens is 2. The van der Waals surface area contributed by atoms with Crippen molar-refractivity contribution in [3.05, 3.63) is 86.8 Å². The predicted molar refractivity (Wildman–Crippen MR) is 110 cm³/mol. The molecule has 6 heteroatoms. The molecule has 0 saturated heterocycles. The van der Waals surface area contributed by atoms with Gasteiger partial charge in [0, 0.05) is 4.88 Å². The molecule has 0 spiro atoms. The molecule has 0 aliphatic rings. The van der Waals surface area contributed by atoms with Crippen molar-refractivity contribution in [2.45, 2.75) is 19.4 Å². The van der Waals surface area contributed by atoms with E-state index in [-0.39, 0.29) is 23.5 Å². The minimum atomic E-state index is -0.440. The summed E-state index contributed by atoms with van der Waals surface area (Å²) < 4.78 is 13.1. The second-order valence-corrected chi connectivity index (χ2v) is 7.48. The van der Waals surface area contributed by atoms with Gasteiger partial charge in [-0.15, -0.1) is 11.3 Å². The van der Waals surface area contributed by atoms with Crippen molar-refractivity contribution >= 4 is 34.5 Å². The van der Waals surface area contributed by atoms with E-state index in [4.69, 9.17) is 11.6 Å². The summed E-state index contributed by atoms with van der Waals surface area (Å²) in [5, 5.41) is 8.21. The predicted octanol–water partition coefficient (Wildman–Crippen LogP) is 5.42. The lowest BCUT2D eigenvalue weighted by Crippen LogP contribution is -2.31. The number of thiophene rings is 1. The molecule has 140 valence electrons. The lowest BCUT2D eigenvalue weighted by atomic mass is 10.0. The van der Waals surface area contributed by atoms with Crippen LogP contribution in [0.15, 0.2) is 60.0 Å². The van der Waals surface area contributed by atoms with Crippen molar-refractivity contribution in [1.29, 1.82) is 0 Å². The van der Waals surface area contributed by atoms with Gasteiger partial charge in [-0.2, -0.15) is 0 Å². The number of hydrogen-bond donors (Lipinski definition) is 2. The second-order valence-electron chi connectivity index (χ2n) is 6.10. The van der Waals surface area contributed by atoms with Crippen molar-refractivity contribution in [2.24, 2.45) is 0 Å². The van der Waals surface area contributed by atoms with Crippen LogP contribution in [-0.2, 0) is 11.2 Å². The maximum atomic E-state index is 13.1. The third kappa shape index (κ3) is 5.16. The number of carbonyl (C=O) groups excluding carboxylic acids is 1. The van der Waals surface area contributed by atoms with Crippen molar-refractivity contribution in [3.63, 3.8) is 0 Å². The zero-order valence-corrected chi connectivity index (χ0v) is 16.4. The molecule has 0 saturated carbocycles. The zero-order valence-electron chi connectivity index (χ0n) is 14.8. The third-order valence-corrected chi connectivity index (χ3v) is 5.47. The fraction of sp³-hybridized carbons (Fsp3) is 0.190. The van der Waals surface area contributed by atoms with Crippen molar-refractivity contribution in [3.8, 4) is 0 Å². The third-order valence-electron chi connectivity index (χ3n) is 4.22. The molecule has 0 aliphatic heterocycles. The Labute approximate surface area is 167 Å². The van der Waals surface area contributed by atoms with E-state index in [1.165, 1.54) is 23.8 Å².